The molecular weight excluding hydrogens is 300 g/mol. The van der Waals surface area contributed by atoms with Crippen molar-refractivity contribution in [1.29, 1.82) is 0 Å². The summed E-state index contributed by atoms with van der Waals surface area (Å²) in [6, 6.07) is 0. The third-order valence-electron chi connectivity index (χ3n) is 4.12. The molecule has 2 fully saturated rings. The summed E-state index contributed by atoms with van der Waals surface area (Å²) in [5.41, 5.74) is -0.341. The van der Waals surface area contributed by atoms with Crippen LogP contribution >= 0.6 is 0 Å². The van der Waals surface area contributed by atoms with E-state index in [1.807, 2.05) is 6.92 Å². The van der Waals surface area contributed by atoms with Crippen LogP contribution < -0.4 is 10.1 Å². The van der Waals surface area contributed by atoms with Crippen molar-refractivity contribution in [2.75, 3.05) is 19.7 Å². The monoisotopic (exact) mass is 320 g/mol. The Kier molecular flexibility index (Phi) is 4.16. The van der Waals surface area contributed by atoms with Crippen molar-refractivity contribution in [3.05, 3.63) is 18.1 Å². The lowest BCUT2D eigenvalue weighted by molar-refractivity contribution is -0.123. The summed E-state index contributed by atoms with van der Waals surface area (Å²) in [6.45, 7) is 5.09. The first-order chi connectivity index (χ1) is 11.0. The number of hydrogen-bond donors (Lipinski definition) is 1. The van der Waals surface area contributed by atoms with Crippen molar-refractivity contribution in [2.45, 2.75) is 38.5 Å². The molecule has 1 aromatic rings. The van der Waals surface area contributed by atoms with E-state index in [1.165, 1.54) is 12.4 Å². The van der Waals surface area contributed by atoms with Crippen molar-refractivity contribution in [3.63, 3.8) is 0 Å². The topological polar surface area (TPSA) is 93.7 Å². The van der Waals surface area contributed by atoms with Gasteiger partial charge in [0.05, 0.1) is 19.0 Å². The lowest BCUT2D eigenvalue weighted by Gasteiger charge is -2.38. The second kappa shape index (κ2) is 6.11. The Balaban J connectivity index is 1.61. The molecule has 0 bridgehead atoms. The predicted molar refractivity (Wildman–Crippen MR) is 79.8 cm³/mol. The van der Waals surface area contributed by atoms with Crippen LogP contribution in [0.1, 0.15) is 37.2 Å². The highest BCUT2D eigenvalue weighted by molar-refractivity contribution is 5.92. The second-order valence-electron chi connectivity index (χ2n) is 5.71. The fraction of sp³-hybridized carbons (Fsp3) is 0.600. The molecule has 2 amide bonds. The zero-order chi connectivity index (χ0) is 16.4. The van der Waals surface area contributed by atoms with Crippen LogP contribution in [0.4, 0.5) is 0 Å². The first-order valence-electron chi connectivity index (χ1n) is 7.77. The lowest BCUT2D eigenvalue weighted by atomic mass is 10.0. The minimum Gasteiger partial charge on any atom is -0.477 e. The van der Waals surface area contributed by atoms with Gasteiger partial charge in [-0.05, 0) is 13.8 Å². The molecule has 0 aromatic carbocycles. The van der Waals surface area contributed by atoms with Crippen molar-refractivity contribution in [2.24, 2.45) is 0 Å². The number of amides is 2. The molecule has 0 saturated carbocycles. The molecule has 8 heteroatoms. The number of carbonyl (C=O) groups excluding carboxylic acids is 2. The van der Waals surface area contributed by atoms with Gasteiger partial charge in [0.15, 0.2) is 0 Å². The van der Waals surface area contributed by atoms with Crippen molar-refractivity contribution in [1.82, 2.24) is 20.2 Å². The molecule has 124 valence electrons. The number of nitrogens with zero attached hydrogens (tertiary/aromatic N) is 3. The van der Waals surface area contributed by atoms with Crippen LogP contribution in [-0.4, -0.2) is 58.2 Å². The molecule has 1 unspecified atom stereocenters. The van der Waals surface area contributed by atoms with Gasteiger partial charge in [-0.2, -0.15) is 0 Å². The molecule has 1 aromatic heterocycles. The lowest BCUT2D eigenvalue weighted by Crippen LogP contribution is -2.53. The molecule has 23 heavy (non-hydrogen) atoms. The summed E-state index contributed by atoms with van der Waals surface area (Å²) in [5, 5.41) is 2.90. The van der Waals surface area contributed by atoms with Gasteiger partial charge in [0.2, 0.25) is 5.88 Å². The quantitative estimate of drug-likeness (QED) is 0.863. The van der Waals surface area contributed by atoms with Gasteiger partial charge in [-0.25, -0.2) is 9.97 Å². The number of carbonyl (C=O) groups is 2. The summed E-state index contributed by atoms with van der Waals surface area (Å²) in [4.78, 5) is 33.9. The van der Waals surface area contributed by atoms with Crippen LogP contribution in [0.3, 0.4) is 0 Å². The normalized spacial score (nSPS) is 23.0. The average molecular weight is 320 g/mol. The van der Waals surface area contributed by atoms with Crippen LogP contribution in [0.25, 0.3) is 0 Å². The van der Waals surface area contributed by atoms with E-state index in [1.54, 1.807) is 11.8 Å². The second-order valence-corrected chi connectivity index (χ2v) is 5.71. The van der Waals surface area contributed by atoms with E-state index in [0.29, 0.717) is 38.4 Å². The van der Waals surface area contributed by atoms with Crippen molar-refractivity contribution < 1.29 is 19.1 Å². The molecule has 2 aliphatic rings. The summed E-state index contributed by atoms with van der Waals surface area (Å²) in [6.07, 6.45) is 3.57. The van der Waals surface area contributed by atoms with Gasteiger partial charge in [0.1, 0.15) is 17.5 Å². The number of rotatable bonds is 3. The minimum absolute atomic E-state index is 0.0952. The van der Waals surface area contributed by atoms with Crippen LogP contribution in [0.15, 0.2) is 12.4 Å². The molecule has 1 N–H and O–H groups in total. The van der Waals surface area contributed by atoms with Gasteiger partial charge >= 0.3 is 0 Å². The molecule has 1 atom stereocenters. The zero-order valence-electron chi connectivity index (χ0n) is 13.2. The molecule has 8 nitrogen and oxygen atoms in total. The van der Waals surface area contributed by atoms with Gasteiger partial charge in [0, 0.05) is 25.9 Å². The third-order valence-corrected chi connectivity index (χ3v) is 4.12. The fourth-order valence-electron chi connectivity index (χ4n) is 2.87. The molecule has 0 aliphatic carbocycles. The van der Waals surface area contributed by atoms with E-state index < -0.39 is 11.8 Å². The summed E-state index contributed by atoms with van der Waals surface area (Å²) >= 11 is 0. The molecule has 3 rings (SSSR count). The molecular formula is C15H20N4O4. The predicted octanol–water partition coefficient (Wildman–Crippen LogP) is 0.342. The summed E-state index contributed by atoms with van der Waals surface area (Å²) in [5.74, 6) is 0.132. The minimum atomic E-state index is -0.627. The first-order valence-corrected chi connectivity index (χ1v) is 7.77. The molecule has 2 aliphatic heterocycles. The highest BCUT2D eigenvalue weighted by Gasteiger charge is 2.45. The fourth-order valence-corrected chi connectivity index (χ4v) is 2.87. The average Bonchev–Trinajstić information content (AvgIpc) is 2.82. The molecule has 3 heterocycles. The van der Waals surface area contributed by atoms with E-state index in [4.69, 9.17) is 9.47 Å². The molecule has 2 saturated heterocycles. The van der Waals surface area contributed by atoms with Gasteiger partial charge in [-0.15, -0.1) is 0 Å². The molecule has 1 spiro atoms. The first kappa shape index (κ1) is 15.7. The Morgan fingerprint density at radius 1 is 1.43 bits per heavy atom. The smallest absolute Gasteiger partial charge is 0.274 e. The number of nitrogens with one attached hydrogen (secondary N) is 1. The van der Waals surface area contributed by atoms with E-state index in [2.05, 4.69) is 15.3 Å². The molecule has 0 radical (unpaired) electrons. The highest BCUT2D eigenvalue weighted by atomic mass is 16.5. The largest absolute Gasteiger partial charge is 0.477 e. The number of aromatic nitrogens is 2. The van der Waals surface area contributed by atoms with Gasteiger partial charge in [-0.3, -0.25) is 9.59 Å². The number of hydrogen-bond acceptors (Lipinski definition) is 6. The van der Waals surface area contributed by atoms with E-state index in [9.17, 15) is 9.59 Å². The van der Waals surface area contributed by atoms with Gasteiger partial charge in [-0.1, -0.05) is 0 Å². The SMILES string of the molecule is CCOc1cnc(C(=O)N2CCC3(CC2)NC(=O)C(C)O3)cn1. The van der Waals surface area contributed by atoms with Crippen molar-refractivity contribution in [3.8, 4) is 5.88 Å². The number of piperidine rings is 1. The summed E-state index contributed by atoms with van der Waals surface area (Å²) in [7, 11) is 0. The van der Waals surface area contributed by atoms with Gasteiger partial charge < -0.3 is 19.7 Å². The van der Waals surface area contributed by atoms with E-state index in [0.717, 1.165) is 0 Å². The number of ether oxygens (including phenoxy) is 2. The Bertz CT molecular complexity index is 596. The van der Waals surface area contributed by atoms with Crippen LogP contribution in [0.5, 0.6) is 5.88 Å². The zero-order valence-corrected chi connectivity index (χ0v) is 13.2. The van der Waals surface area contributed by atoms with Gasteiger partial charge in [0.25, 0.3) is 11.8 Å². The maximum atomic E-state index is 12.5. The van der Waals surface area contributed by atoms with E-state index in [-0.39, 0.29) is 17.5 Å². The van der Waals surface area contributed by atoms with Crippen LogP contribution in [0.2, 0.25) is 0 Å². The Hall–Kier alpha value is -2.22. The van der Waals surface area contributed by atoms with Crippen LogP contribution in [0, 0.1) is 0 Å². The van der Waals surface area contributed by atoms with Crippen molar-refractivity contribution >= 4 is 11.8 Å². The summed E-state index contributed by atoms with van der Waals surface area (Å²) < 4.78 is 10.9. The maximum Gasteiger partial charge on any atom is 0.274 e. The standard InChI is InChI=1S/C15H20N4O4/c1-3-22-12-9-16-11(8-17-12)14(21)19-6-4-15(5-7-19)18-13(20)10(2)23-15/h8-10H,3-7H2,1-2H3,(H,18,20). The number of likely N-dealkylation sites (tertiary alicyclic amines) is 1. The Labute approximate surface area is 134 Å². The third kappa shape index (κ3) is 3.12. The maximum absolute atomic E-state index is 12.5. The highest BCUT2D eigenvalue weighted by Crippen LogP contribution is 2.30. The van der Waals surface area contributed by atoms with E-state index >= 15 is 0 Å². The Morgan fingerprint density at radius 3 is 2.70 bits per heavy atom. The Morgan fingerprint density at radius 2 is 2.17 bits per heavy atom. The van der Waals surface area contributed by atoms with Crippen LogP contribution in [-0.2, 0) is 9.53 Å².